The molecule has 1 saturated carbocycles. The summed E-state index contributed by atoms with van der Waals surface area (Å²) < 4.78 is 32.8. The molecule has 2 fully saturated rings. The Balaban J connectivity index is 1.61. The summed E-state index contributed by atoms with van der Waals surface area (Å²) in [5.74, 6) is -0.907. The molecule has 1 saturated heterocycles. The highest BCUT2D eigenvalue weighted by atomic mass is 19.2. The summed E-state index contributed by atoms with van der Waals surface area (Å²) in [5, 5.41) is 0. The molecule has 1 aliphatic carbocycles. The molecule has 0 bridgehead atoms. The molecule has 0 N–H and O–H groups in total. The van der Waals surface area contributed by atoms with Crippen LogP contribution in [-0.4, -0.2) is 49.0 Å². The first-order valence-corrected chi connectivity index (χ1v) is 8.98. The normalized spacial score (nSPS) is 21.6. The number of hydrogen-bond acceptors (Lipinski definition) is 3. The lowest BCUT2D eigenvalue weighted by atomic mass is 10.1. The molecule has 1 heterocycles. The van der Waals surface area contributed by atoms with E-state index in [1.54, 1.807) is 0 Å². The van der Waals surface area contributed by atoms with Crippen LogP contribution in [0.2, 0.25) is 0 Å². The van der Waals surface area contributed by atoms with Crippen molar-refractivity contribution < 1.29 is 18.3 Å². The van der Waals surface area contributed by atoms with Gasteiger partial charge in [0.25, 0.3) is 0 Å². The number of carbonyl (C=O) groups is 1. The van der Waals surface area contributed by atoms with Crippen LogP contribution in [0.15, 0.2) is 12.1 Å². The van der Waals surface area contributed by atoms with Crippen molar-refractivity contribution in [2.24, 2.45) is 5.92 Å². The van der Waals surface area contributed by atoms with Crippen molar-refractivity contribution in [2.45, 2.75) is 44.7 Å². The van der Waals surface area contributed by atoms with E-state index in [0.29, 0.717) is 24.8 Å². The molecule has 1 atom stereocenters. The van der Waals surface area contributed by atoms with Crippen molar-refractivity contribution >= 4 is 5.91 Å². The predicted octanol–water partition coefficient (Wildman–Crippen LogP) is 3.20. The third-order valence-corrected chi connectivity index (χ3v) is 5.37. The lowest BCUT2D eigenvalue weighted by molar-refractivity contribution is -0.129. The number of likely N-dealkylation sites (tertiary alicyclic amines) is 1. The monoisotopic (exact) mass is 352 g/mol. The van der Waals surface area contributed by atoms with E-state index < -0.39 is 11.6 Å². The van der Waals surface area contributed by atoms with E-state index in [1.807, 2.05) is 16.8 Å². The van der Waals surface area contributed by atoms with E-state index in [0.717, 1.165) is 25.5 Å². The zero-order chi connectivity index (χ0) is 18.0. The summed E-state index contributed by atoms with van der Waals surface area (Å²) in [7, 11) is 3.32. The molecule has 6 heteroatoms. The van der Waals surface area contributed by atoms with Crippen molar-refractivity contribution in [3.63, 3.8) is 0 Å². The SMILES string of the molecule is COc1ccc(F)c(F)c1CN(C)C[C@@H]1CC(=O)N(C2CCCC2)C1. The zero-order valence-corrected chi connectivity index (χ0v) is 14.9. The average molecular weight is 352 g/mol. The Labute approximate surface area is 147 Å². The average Bonchev–Trinajstić information content (AvgIpc) is 3.21. The van der Waals surface area contributed by atoms with Crippen molar-refractivity contribution in [2.75, 3.05) is 27.2 Å². The van der Waals surface area contributed by atoms with Crippen molar-refractivity contribution in [3.05, 3.63) is 29.3 Å². The van der Waals surface area contributed by atoms with Gasteiger partial charge in [0, 0.05) is 37.7 Å². The van der Waals surface area contributed by atoms with Gasteiger partial charge in [0.1, 0.15) is 5.75 Å². The summed E-state index contributed by atoms with van der Waals surface area (Å²) in [5.41, 5.74) is 0.224. The number of methoxy groups -OCH3 is 1. The molecule has 0 unspecified atom stereocenters. The summed E-state index contributed by atoms with van der Waals surface area (Å²) >= 11 is 0. The summed E-state index contributed by atoms with van der Waals surface area (Å²) in [6.07, 6.45) is 5.18. The first kappa shape index (κ1) is 18.1. The zero-order valence-electron chi connectivity index (χ0n) is 14.9. The van der Waals surface area contributed by atoms with E-state index in [4.69, 9.17) is 4.74 Å². The van der Waals surface area contributed by atoms with Crippen LogP contribution in [0.4, 0.5) is 8.78 Å². The quantitative estimate of drug-likeness (QED) is 0.788. The maximum atomic E-state index is 14.1. The molecule has 0 aromatic heterocycles. The van der Waals surface area contributed by atoms with Gasteiger partial charge < -0.3 is 14.5 Å². The number of halogens is 2. The van der Waals surface area contributed by atoms with Crippen LogP contribution in [0.25, 0.3) is 0 Å². The van der Waals surface area contributed by atoms with Crippen molar-refractivity contribution in [1.82, 2.24) is 9.80 Å². The summed E-state index contributed by atoms with van der Waals surface area (Å²) in [4.78, 5) is 16.3. The molecular weight excluding hydrogens is 326 g/mol. The maximum Gasteiger partial charge on any atom is 0.223 e. The second kappa shape index (κ2) is 7.68. The first-order valence-electron chi connectivity index (χ1n) is 8.98. The largest absolute Gasteiger partial charge is 0.496 e. The van der Waals surface area contributed by atoms with E-state index in [-0.39, 0.29) is 23.9 Å². The van der Waals surface area contributed by atoms with Crippen LogP contribution in [-0.2, 0) is 11.3 Å². The molecule has 25 heavy (non-hydrogen) atoms. The van der Waals surface area contributed by atoms with E-state index in [9.17, 15) is 13.6 Å². The molecule has 1 aliphatic heterocycles. The Morgan fingerprint density at radius 1 is 1.28 bits per heavy atom. The number of rotatable bonds is 6. The molecule has 0 spiro atoms. The van der Waals surface area contributed by atoms with E-state index in [1.165, 1.54) is 26.0 Å². The minimum absolute atomic E-state index is 0.224. The fraction of sp³-hybridized carbons (Fsp3) is 0.632. The topological polar surface area (TPSA) is 32.8 Å². The van der Waals surface area contributed by atoms with Gasteiger partial charge in [-0.25, -0.2) is 8.78 Å². The molecule has 1 amide bonds. The van der Waals surface area contributed by atoms with Gasteiger partial charge in [0.2, 0.25) is 5.91 Å². The minimum Gasteiger partial charge on any atom is -0.496 e. The molecular formula is C19H26F2N2O2. The Morgan fingerprint density at radius 2 is 2.00 bits per heavy atom. The van der Waals surface area contributed by atoms with Crippen LogP contribution >= 0.6 is 0 Å². The third kappa shape index (κ3) is 3.94. The molecule has 1 aromatic rings. The number of hydrogen-bond donors (Lipinski definition) is 0. The Morgan fingerprint density at radius 3 is 2.68 bits per heavy atom. The maximum absolute atomic E-state index is 14.1. The van der Waals surface area contributed by atoms with Gasteiger partial charge in [-0.3, -0.25) is 4.79 Å². The highest BCUT2D eigenvalue weighted by Gasteiger charge is 2.35. The summed E-state index contributed by atoms with van der Waals surface area (Å²) in [6, 6.07) is 2.93. The number of carbonyl (C=O) groups excluding carboxylic acids is 1. The fourth-order valence-electron chi connectivity index (χ4n) is 4.19. The van der Waals surface area contributed by atoms with Crippen molar-refractivity contribution in [3.8, 4) is 5.75 Å². The predicted molar refractivity (Wildman–Crippen MR) is 91.3 cm³/mol. The van der Waals surface area contributed by atoms with E-state index in [2.05, 4.69) is 0 Å². The van der Waals surface area contributed by atoms with Gasteiger partial charge in [0.15, 0.2) is 11.6 Å². The van der Waals surface area contributed by atoms with Gasteiger partial charge in [-0.15, -0.1) is 0 Å². The smallest absolute Gasteiger partial charge is 0.223 e. The standard InChI is InChI=1S/C19H26F2N2O2/c1-22(12-15-17(25-2)8-7-16(20)19(15)21)10-13-9-18(24)23(11-13)14-5-3-4-6-14/h7-8,13-14H,3-6,9-12H2,1-2H3/t13-/m0/s1. The molecule has 1 aromatic carbocycles. The van der Waals surface area contributed by atoms with Gasteiger partial charge in [-0.05, 0) is 37.9 Å². The molecule has 138 valence electrons. The Hall–Kier alpha value is -1.69. The molecule has 0 radical (unpaired) electrons. The second-order valence-electron chi connectivity index (χ2n) is 7.29. The highest BCUT2D eigenvalue weighted by molar-refractivity contribution is 5.79. The van der Waals surface area contributed by atoms with Crippen LogP contribution in [0, 0.1) is 17.6 Å². The third-order valence-electron chi connectivity index (χ3n) is 5.37. The van der Waals surface area contributed by atoms with Gasteiger partial charge in [0.05, 0.1) is 7.11 Å². The number of benzene rings is 1. The Bertz CT molecular complexity index is 632. The van der Waals surface area contributed by atoms with Gasteiger partial charge in [-0.1, -0.05) is 12.8 Å². The van der Waals surface area contributed by atoms with Gasteiger partial charge >= 0.3 is 0 Å². The summed E-state index contributed by atoms with van der Waals surface area (Å²) in [6.45, 7) is 1.70. The molecule has 4 nitrogen and oxygen atoms in total. The van der Waals surface area contributed by atoms with Crippen LogP contribution < -0.4 is 4.74 Å². The van der Waals surface area contributed by atoms with Gasteiger partial charge in [-0.2, -0.15) is 0 Å². The Kier molecular flexibility index (Phi) is 5.57. The highest BCUT2D eigenvalue weighted by Crippen LogP contribution is 2.30. The van der Waals surface area contributed by atoms with Crippen LogP contribution in [0.5, 0.6) is 5.75 Å². The minimum atomic E-state index is -0.868. The van der Waals surface area contributed by atoms with Crippen LogP contribution in [0.3, 0.4) is 0 Å². The molecule has 2 aliphatic rings. The lowest BCUT2D eigenvalue weighted by Gasteiger charge is -2.25. The number of nitrogens with zero attached hydrogens (tertiary/aromatic N) is 2. The second-order valence-corrected chi connectivity index (χ2v) is 7.29. The fourth-order valence-corrected chi connectivity index (χ4v) is 4.19. The van der Waals surface area contributed by atoms with E-state index >= 15 is 0 Å². The number of ether oxygens (including phenoxy) is 1. The number of amides is 1. The first-order chi connectivity index (χ1) is 12.0. The van der Waals surface area contributed by atoms with Crippen molar-refractivity contribution in [1.29, 1.82) is 0 Å². The van der Waals surface area contributed by atoms with Crippen LogP contribution in [0.1, 0.15) is 37.7 Å². The molecule has 3 rings (SSSR count). The lowest BCUT2D eigenvalue weighted by Crippen LogP contribution is -2.35.